The summed E-state index contributed by atoms with van der Waals surface area (Å²) < 4.78 is 1.87. The molecule has 0 spiro atoms. The van der Waals surface area contributed by atoms with Crippen LogP contribution >= 0.6 is 12.2 Å². The zero-order chi connectivity index (χ0) is 14.5. The van der Waals surface area contributed by atoms with Gasteiger partial charge in [-0.25, -0.2) is 0 Å². The molecule has 0 aliphatic carbocycles. The molecule has 1 amide bonds. The molecule has 2 rings (SSSR count). The van der Waals surface area contributed by atoms with Crippen LogP contribution in [0.3, 0.4) is 0 Å². The standard InChI is InChI=1S/C13H15N5OS/c1-2-18-8-16-17-11(18)7-15-13(19)10-5-3-9(4-6-10)12(14)20/h3-6,8H,2,7H2,1H3,(H2,14,20)(H,15,19). The second kappa shape index (κ2) is 6.25. The lowest BCUT2D eigenvalue weighted by atomic mass is 10.1. The lowest BCUT2D eigenvalue weighted by Crippen LogP contribution is -2.24. The zero-order valence-corrected chi connectivity index (χ0v) is 11.9. The Bertz CT molecular complexity index is 620. The summed E-state index contributed by atoms with van der Waals surface area (Å²) >= 11 is 4.86. The number of benzene rings is 1. The van der Waals surface area contributed by atoms with Crippen molar-refractivity contribution in [3.8, 4) is 0 Å². The number of aryl methyl sites for hydroxylation is 1. The molecule has 3 N–H and O–H groups in total. The van der Waals surface area contributed by atoms with Gasteiger partial charge in [-0.05, 0) is 19.1 Å². The van der Waals surface area contributed by atoms with Gasteiger partial charge in [0.1, 0.15) is 11.3 Å². The van der Waals surface area contributed by atoms with E-state index in [2.05, 4.69) is 15.5 Å². The Morgan fingerprint density at radius 2 is 2.00 bits per heavy atom. The quantitative estimate of drug-likeness (QED) is 0.797. The van der Waals surface area contributed by atoms with E-state index in [0.29, 0.717) is 17.1 Å². The molecule has 0 saturated heterocycles. The molecule has 0 fully saturated rings. The van der Waals surface area contributed by atoms with Gasteiger partial charge in [0.15, 0.2) is 5.82 Å². The third kappa shape index (κ3) is 3.18. The minimum Gasteiger partial charge on any atom is -0.389 e. The fourth-order valence-electron chi connectivity index (χ4n) is 1.73. The minimum atomic E-state index is -0.176. The largest absolute Gasteiger partial charge is 0.389 e. The highest BCUT2D eigenvalue weighted by atomic mass is 32.1. The van der Waals surface area contributed by atoms with Crippen molar-refractivity contribution in [2.24, 2.45) is 5.73 Å². The fourth-order valence-corrected chi connectivity index (χ4v) is 1.86. The first-order valence-electron chi connectivity index (χ1n) is 6.16. The number of hydrogen-bond acceptors (Lipinski definition) is 4. The Balaban J connectivity index is 2.00. The summed E-state index contributed by atoms with van der Waals surface area (Å²) in [5.74, 6) is 0.547. The third-order valence-corrected chi connectivity index (χ3v) is 3.11. The first kappa shape index (κ1) is 14.1. The molecule has 0 radical (unpaired) electrons. The SMILES string of the molecule is CCn1cnnc1CNC(=O)c1ccc(C(N)=S)cc1. The van der Waals surface area contributed by atoms with Gasteiger partial charge in [0, 0.05) is 17.7 Å². The Morgan fingerprint density at radius 1 is 1.35 bits per heavy atom. The molecule has 0 saturated carbocycles. The average molecular weight is 289 g/mol. The van der Waals surface area contributed by atoms with E-state index >= 15 is 0 Å². The smallest absolute Gasteiger partial charge is 0.251 e. The van der Waals surface area contributed by atoms with E-state index in [9.17, 15) is 4.79 Å². The Labute approximate surface area is 122 Å². The maximum atomic E-state index is 12.0. The third-order valence-electron chi connectivity index (χ3n) is 2.88. The summed E-state index contributed by atoms with van der Waals surface area (Å²) in [6.07, 6.45) is 1.64. The van der Waals surface area contributed by atoms with Gasteiger partial charge in [-0.15, -0.1) is 10.2 Å². The van der Waals surface area contributed by atoms with Crippen LogP contribution in [0.2, 0.25) is 0 Å². The summed E-state index contributed by atoms with van der Waals surface area (Å²) in [4.78, 5) is 12.3. The molecule has 7 heteroatoms. The molecule has 20 heavy (non-hydrogen) atoms. The summed E-state index contributed by atoms with van der Waals surface area (Å²) in [6.45, 7) is 3.09. The van der Waals surface area contributed by atoms with Crippen LogP contribution in [0.4, 0.5) is 0 Å². The number of aromatic nitrogens is 3. The molecule has 1 heterocycles. The second-order valence-electron chi connectivity index (χ2n) is 4.16. The van der Waals surface area contributed by atoms with E-state index in [4.69, 9.17) is 18.0 Å². The Kier molecular flexibility index (Phi) is 4.41. The first-order valence-corrected chi connectivity index (χ1v) is 6.57. The molecule has 1 aromatic heterocycles. The Morgan fingerprint density at radius 3 is 2.60 bits per heavy atom. The van der Waals surface area contributed by atoms with Crippen molar-refractivity contribution in [3.63, 3.8) is 0 Å². The average Bonchev–Trinajstić information content (AvgIpc) is 2.92. The van der Waals surface area contributed by atoms with Crippen molar-refractivity contribution in [1.29, 1.82) is 0 Å². The maximum absolute atomic E-state index is 12.0. The van der Waals surface area contributed by atoms with Gasteiger partial charge in [-0.1, -0.05) is 24.4 Å². The van der Waals surface area contributed by atoms with E-state index in [1.807, 2.05) is 11.5 Å². The molecule has 1 aromatic carbocycles. The summed E-state index contributed by atoms with van der Waals surface area (Å²) in [7, 11) is 0. The lowest BCUT2D eigenvalue weighted by Gasteiger charge is -2.06. The zero-order valence-electron chi connectivity index (χ0n) is 11.0. The maximum Gasteiger partial charge on any atom is 0.251 e. The van der Waals surface area contributed by atoms with E-state index in [-0.39, 0.29) is 5.91 Å². The second-order valence-corrected chi connectivity index (χ2v) is 4.60. The van der Waals surface area contributed by atoms with Crippen LogP contribution in [0.5, 0.6) is 0 Å². The highest BCUT2D eigenvalue weighted by molar-refractivity contribution is 7.80. The number of carbonyl (C=O) groups excluding carboxylic acids is 1. The number of rotatable bonds is 5. The van der Waals surface area contributed by atoms with Crippen molar-refractivity contribution < 1.29 is 4.79 Å². The first-order chi connectivity index (χ1) is 9.61. The van der Waals surface area contributed by atoms with E-state index in [0.717, 1.165) is 17.9 Å². The summed E-state index contributed by atoms with van der Waals surface area (Å²) in [5, 5.41) is 10.6. The van der Waals surface area contributed by atoms with Gasteiger partial charge in [0.2, 0.25) is 0 Å². The molecule has 104 valence electrons. The molecule has 6 nitrogen and oxygen atoms in total. The molecular formula is C13H15N5OS. The van der Waals surface area contributed by atoms with Crippen molar-refractivity contribution in [1.82, 2.24) is 20.1 Å². The fraction of sp³-hybridized carbons (Fsp3) is 0.231. The van der Waals surface area contributed by atoms with Crippen LogP contribution in [-0.4, -0.2) is 25.7 Å². The van der Waals surface area contributed by atoms with E-state index < -0.39 is 0 Å². The topological polar surface area (TPSA) is 85.8 Å². The van der Waals surface area contributed by atoms with Gasteiger partial charge in [0.25, 0.3) is 5.91 Å². The van der Waals surface area contributed by atoms with E-state index in [1.54, 1.807) is 30.6 Å². The van der Waals surface area contributed by atoms with Crippen molar-refractivity contribution in [2.75, 3.05) is 0 Å². The Hall–Kier alpha value is -2.28. The number of amides is 1. The normalized spacial score (nSPS) is 10.2. The molecule has 0 atom stereocenters. The van der Waals surface area contributed by atoms with Gasteiger partial charge < -0.3 is 15.6 Å². The number of nitrogens with two attached hydrogens (primary N) is 1. The predicted octanol–water partition coefficient (Wildman–Crippen LogP) is 0.862. The highest BCUT2D eigenvalue weighted by Gasteiger charge is 2.08. The summed E-state index contributed by atoms with van der Waals surface area (Å²) in [6, 6.07) is 6.83. The molecular weight excluding hydrogens is 274 g/mol. The number of carbonyl (C=O) groups is 1. The van der Waals surface area contributed by atoms with Crippen molar-refractivity contribution in [2.45, 2.75) is 20.0 Å². The lowest BCUT2D eigenvalue weighted by molar-refractivity contribution is 0.0949. The number of nitrogens with one attached hydrogen (secondary N) is 1. The predicted molar refractivity (Wildman–Crippen MR) is 79.2 cm³/mol. The van der Waals surface area contributed by atoms with Gasteiger partial charge in [-0.2, -0.15) is 0 Å². The van der Waals surface area contributed by atoms with Crippen LogP contribution < -0.4 is 11.1 Å². The number of nitrogens with zero attached hydrogens (tertiary/aromatic N) is 3. The number of hydrogen-bond donors (Lipinski definition) is 2. The number of thiocarbonyl (C=S) groups is 1. The van der Waals surface area contributed by atoms with Gasteiger partial charge >= 0.3 is 0 Å². The molecule has 0 unspecified atom stereocenters. The monoisotopic (exact) mass is 289 g/mol. The van der Waals surface area contributed by atoms with Gasteiger partial charge in [-0.3, -0.25) is 4.79 Å². The minimum absolute atomic E-state index is 0.176. The van der Waals surface area contributed by atoms with Crippen molar-refractivity contribution >= 4 is 23.1 Å². The van der Waals surface area contributed by atoms with Crippen LogP contribution in [0.15, 0.2) is 30.6 Å². The molecule has 2 aromatic rings. The van der Waals surface area contributed by atoms with Crippen LogP contribution in [0.1, 0.15) is 28.7 Å². The van der Waals surface area contributed by atoms with Crippen LogP contribution in [0.25, 0.3) is 0 Å². The molecule has 0 bridgehead atoms. The van der Waals surface area contributed by atoms with Crippen LogP contribution in [0, 0.1) is 0 Å². The molecule has 0 aliphatic heterocycles. The van der Waals surface area contributed by atoms with Gasteiger partial charge in [0.05, 0.1) is 6.54 Å². The summed E-state index contributed by atoms with van der Waals surface area (Å²) in [5.41, 5.74) is 6.79. The highest BCUT2D eigenvalue weighted by Crippen LogP contribution is 2.05. The van der Waals surface area contributed by atoms with E-state index in [1.165, 1.54) is 0 Å². The van der Waals surface area contributed by atoms with Crippen molar-refractivity contribution in [3.05, 3.63) is 47.5 Å². The molecule has 0 aliphatic rings. The van der Waals surface area contributed by atoms with Crippen LogP contribution in [-0.2, 0) is 13.1 Å².